The number of carbonyl (C=O) groups excluding carboxylic acids is 3. The summed E-state index contributed by atoms with van der Waals surface area (Å²) in [6, 6.07) is 16.6. The number of hydrogen-bond acceptors (Lipinski definition) is 4. The van der Waals surface area contributed by atoms with Crippen LogP contribution in [0.4, 0.5) is 0 Å². The lowest BCUT2D eigenvalue weighted by atomic mass is 9.97. The average Bonchev–Trinajstić information content (AvgIpc) is 2.70. The van der Waals surface area contributed by atoms with E-state index in [0.717, 1.165) is 17.5 Å². The normalized spacial score (nSPS) is 11.6. The maximum Gasteiger partial charge on any atom is 0.325 e. The highest BCUT2D eigenvalue weighted by Gasteiger charge is 2.17. The van der Waals surface area contributed by atoms with Crippen LogP contribution < -0.4 is 10.6 Å². The topological polar surface area (TPSA) is 84.5 Å². The molecule has 2 rings (SSSR count). The fourth-order valence-electron chi connectivity index (χ4n) is 2.91. The van der Waals surface area contributed by atoms with Crippen molar-refractivity contribution in [2.45, 2.75) is 33.2 Å². The molecule has 0 aliphatic carbocycles. The number of benzene rings is 2. The third kappa shape index (κ3) is 7.78. The molecule has 0 saturated heterocycles. The van der Waals surface area contributed by atoms with Gasteiger partial charge in [-0.15, -0.1) is 0 Å². The second kappa shape index (κ2) is 11.0. The summed E-state index contributed by atoms with van der Waals surface area (Å²) in [5.74, 6) is -1.02. The van der Waals surface area contributed by atoms with Gasteiger partial charge in [0, 0.05) is 5.56 Å². The van der Waals surface area contributed by atoms with Crippen LogP contribution in [-0.4, -0.2) is 30.9 Å². The number of amides is 2. The van der Waals surface area contributed by atoms with Crippen molar-refractivity contribution in [1.29, 1.82) is 0 Å². The SMILES string of the molecule is Cc1cccc(C(=O)NCC(=O)OCC(=O)N[C@H](CC(C)C)c2ccccc2)c1. The van der Waals surface area contributed by atoms with E-state index in [-0.39, 0.29) is 31.0 Å². The number of rotatable bonds is 9. The van der Waals surface area contributed by atoms with Crippen LogP contribution in [0.1, 0.15) is 47.8 Å². The molecule has 6 nitrogen and oxygen atoms in total. The molecule has 2 N–H and O–H groups in total. The predicted molar refractivity (Wildman–Crippen MR) is 111 cm³/mol. The molecule has 0 unspecified atom stereocenters. The second-order valence-electron chi connectivity index (χ2n) is 7.37. The summed E-state index contributed by atoms with van der Waals surface area (Å²) in [4.78, 5) is 36.1. The van der Waals surface area contributed by atoms with Crippen molar-refractivity contribution in [3.05, 3.63) is 71.3 Å². The Morgan fingerprint density at radius 2 is 1.72 bits per heavy atom. The molecule has 0 bridgehead atoms. The number of ether oxygens (including phenoxy) is 1. The second-order valence-corrected chi connectivity index (χ2v) is 7.37. The Hall–Kier alpha value is -3.15. The summed E-state index contributed by atoms with van der Waals surface area (Å²) in [6.45, 7) is 5.36. The zero-order valence-corrected chi connectivity index (χ0v) is 17.1. The van der Waals surface area contributed by atoms with Gasteiger partial charge in [0.1, 0.15) is 6.54 Å². The van der Waals surface area contributed by atoms with E-state index in [4.69, 9.17) is 4.74 Å². The minimum Gasteiger partial charge on any atom is -0.454 e. The van der Waals surface area contributed by atoms with Gasteiger partial charge in [0.15, 0.2) is 6.61 Å². The van der Waals surface area contributed by atoms with Gasteiger partial charge in [-0.05, 0) is 37.0 Å². The first-order valence-corrected chi connectivity index (χ1v) is 9.70. The van der Waals surface area contributed by atoms with E-state index in [2.05, 4.69) is 24.5 Å². The van der Waals surface area contributed by atoms with Crippen LogP contribution in [0.3, 0.4) is 0 Å². The first-order valence-electron chi connectivity index (χ1n) is 9.70. The van der Waals surface area contributed by atoms with Gasteiger partial charge in [-0.25, -0.2) is 0 Å². The van der Waals surface area contributed by atoms with E-state index in [1.54, 1.807) is 18.2 Å². The van der Waals surface area contributed by atoms with Crippen molar-refractivity contribution >= 4 is 17.8 Å². The first kappa shape index (κ1) is 22.1. The van der Waals surface area contributed by atoms with Crippen LogP contribution in [0.25, 0.3) is 0 Å². The van der Waals surface area contributed by atoms with Gasteiger partial charge >= 0.3 is 5.97 Å². The minimum absolute atomic E-state index is 0.150. The third-order valence-corrected chi connectivity index (χ3v) is 4.28. The minimum atomic E-state index is -0.665. The fraction of sp³-hybridized carbons (Fsp3) is 0.348. The summed E-state index contributed by atoms with van der Waals surface area (Å²) in [6.07, 6.45) is 0.774. The lowest BCUT2D eigenvalue weighted by molar-refractivity contribution is -0.147. The predicted octanol–water partition coefficient (Wildman–Crippen LogP) is 3.17. The Kier molecular flexibility index (Phi) is 8.40. The van der Waals surface area contributed by atoms with Gasteiger partial charge in [-0.2, -0.15) is 0 Å². The van der Waals surface area contributed by atoms with E-state index in [9.17, 15) is 14.4 Å². The molecule has 2 aromatic rings. The van der Waals surface area contributed by atoms with E-state index in [0.29, 0.717) is 11.5 Å². The van der Waals surface area contributed by atoms with E-state index < -0.39 is 5.97 Å². The van der Waals surface area contributed by atoms with Crippen molar-refractivity contribution in [3.8, 4) is 0 Å². The zero-order chi connectivity index (χ0) is 21.2. The summed E-state index contributed by atoms with van der Waals surface area (Å²) >= 11 is 0. The summed E-state index contributed by atoms with van der Waals surface area (Å²) < 4.78 is 4.99. The van der Waals surface area contributed by atoms with Gasteiger partial charge in [-0.3, -0.25) is 14.4 Å². The lowest BCUT2D eigenvalue weighted by Crippen LogP contribution is -2.35. The number of aryl methyl sites for hydroxylation is 1. The highest BCUT2D eigenvalue weighted by atomic mass is 16.5. The van der Waals surface area contributed by atoms with Gasteiger partial charge in [0.25, 0.3) is 11.8 Å². The number of nitrogens with one attached hydrogen (secondary N) is 2. The molecule has 0 radical (unpaired) electrons. The fourth-order valence-corrected chi connectivity index (χ4v) is 2.91. The molecular weight excluding hydrogens is 368 g/mol. The van der Waals surface area contributed by atoms with Crippen LogP contribution in [0, 0.1) is 12.8 Å². The molecule has 0 saturated carbocycles. The molecule has 0 aliphatic rings. The number of hydrogen-bond donors (Lipinski definition) is 2. The van der Waals surface area contributed by atoms with Crippen molar-refractivity contribution in [2.75, 3.05) is 13.2 Å². The van der Waals surface area contributed by atoms with Gasteiger partial charge in [-0.1, -0.05) is 61.9 Å². The van der Waals surface area contributed by atoms with Gasteiger partial charge in [0.05, 0.1) is 6.04 Å². The van der Waals surface area contributed by atoms with E-state index in [1.807, 2.05) is 43.3 Å². The summed E-state index contributed by atoms with van der Waals surface area (Å²) in [5, 5.41) is 5.41. The lowest BCUT2D eigenvalue weighted by Gasteiger charge is -2.21. The van der Waals surface area contributed by atoms with Crippen molar-refractivity contribution in [2.24, 2.45) is 5.92 Å². The van der Waals surface area contributed by atoms with Gasteiger partial charge < -0.3 is 15.4 Å². The Balaban J connectivity index is 1.79. The molecule has 154 valence electrons. The molecule has 0 heterocycles. The Labute approximate surface area is 171 Å². The summed E-state index contributed by atoms with van der Waals surface area (Å²) in [7, 11) is 0. The van der Waals surface area contributed by atoms with Gasteiger partial charge in [0.2, 0.25) is 0 Å². The maximum absolute atomic E-state index is 12.2. The average molecular weight is 396 g/mol. The quantitative estimate of drug-likeness (QED) is 0.638. The standard InChI is InChI=1S/C23H28N2O4/c1-16(2)12-20(18-9-5-4-6-10-18)25-21(26)15-29-22(27)14-24-23(28)19-11-7-8-17(3)13-19/h4-11,13,16,20H,12,14-15H2,1-3H3,(H,24,28)(H,25,26)/t20-/m1/s1. The smallest absolute Gasteiger partial charge is 0.325 e. The molecule has 0 spiro atoms. The monoisotopic (exact) mass is 396 g/mol. The van der Waals surface area contributed by atoms with Crippen LogP contribution in [0.2, 0.25) is 0 Å². The molecule has 0 fully saturated rings. The Bertz CT molecular complexity index is 834. The highest BCUT2D eigenvalue weighted by Crippen LogP contribution is 2.20. The Morgan fingerprint density at radius 3 is 2.38 bits per heavy atom. The largest absolute Gasteiger partial charge is 0.454 e. The van der Waals surface area contributed by atoms with Crippen LogP contribution >= 0.6 is 0 Å². The van der Waals surface area contributed by atoms with Crippen molar-refractivity contribution < 1.29 is 19.1 Å². The van der Waals surface area contributed by atoms with Crippen LogP contribution in [0.15, 0.2) is 54.6 Å². The van der Waals surface area contributed by atoms with Crippen LogP contribution in [-0.2, 0) is 14.3 Å². The molecular formula is C23H28N2O4. The number of esters is 1. The molecule has 2 aromatic carbocycles. The molecule has 2 amide bonds. The van der Waals surface area contributed by atoms with E-state index >= 15 is 0 Å². The molecule has 0 aromatic heterocycles. The highest BCUT2D eigenvalue weighted by molar-refractivity contribution is 5.96. The van der Waals surface area contributed by atoms with Crippen molar-refractivity contribution in [1.82, 2.24) is 10.6 Å². The first-order chi connectivity index (χ1) is 13.8. The summed E-state index contributed by atoms with van der Waals surface area (Å²) in [5.41, 5.74) is 2.42. The molecule has 29 heavy (non-hydrogen) atoms. The Morgan fingerprint density at radius 1 is 1.00 bits per heavy atom. The van der Waals surface area contributed by atoms with Crippen LogP contribution in [0.5, 0.6) is 0 Å². The van der Waals surface area contributed by atoms with E-state index in [1.165, 1.54) is 0 Å². The molecule has 1 atom stereocenters. The van der Waals surface area contributed by atoms with Crippen molar-refractivity contribution in [3.63, 3.8) is 0 Å². The zero-order valence-electron chi connectivity index (χ0n) is 17.1. The number of carbonyl (C=O) groups is 3. The third-order valence-electron chi connectivity index (χ3n) is 4.28. The maximum atomic E-state index is 12.2. The molecule has 0 aliphatic heterocycles. The molecule has 6 heteroatoms.